The Bertz CT molecular complexity index is 904. The minimum atomic E-state index is -3.67. The second kappa shape index (κ2) is 7.70. The number of anilines is 1. The largest absolute Gasteiger partial charge is 0.495 e. The lowest BCUT2D eigenvalue weighted by molar-refractivity contribution is 0.0730. The number of morpholine rings is 1. The summed E-state index contributed by atoms with van der Waals surface area (Å²) >= 11 is 1.36. The molecule has 8 nitrogen and oxygen atoms in total. The van der Waals surface area contributed by atoms with Gasteiger partial charge >= 0.3 is 0 Å². The van der Waals surface area contributed by atoms with Crippen LogP contribution in [0.5, 0.6) is 5.75 Å². The molecule has 0 unspecified atom stereocenters. The highest BCUT2D eigenvalue weighted by atomic mass is 32.2. The number of nitrogens with one attached hydrogen (secondary N) is 1. The summed E-state index contributed by atoms with van der Waals surface area (Å²) in [5.74, 6) is -0.0557. The van der Waals surface area contributed by atoms with Crippen LogP contribution in [0.3, 0.4) is 0 Å². The summed E-state index contributed by atoms with van der Waals surface area (Å²) in [5, 5.41) is 5.09. The quantitative estimate of drug-likeness (QED) is 0.825. The first-order valence-corrected chi connectivity index (χ1v) is 10.2. The zero-order valence-electron chi connectivity index (χ0n) is 14.4. The van der Waals surface area contributed by atoms with Crippen LogP contribution in [0.1, 0.15) is 15.5 Å². The van der Waals surface area contributed by atoms with Gasteiger partial charge in [0.2, 0.25) is 10.0 Å². The number of amides is 1. The Morgan fingerprint density at radius 1 is 1.35 bits per heavy atom. The Morgan fingerprint density at radius 2 is 2.08 bits per heavy atom. The number of carbonyl (C=O) groups is 1. The lowest BCUT2D eigenvalue weighted by Crippen LogP contribution is -2.40. The van der Waals surface area contributed by atoms with E-state index in [1.165, 1.54) is 41.0 Å². The van der Waals surface area contributed by atoms with Gasteiger partial charge in [0.1, 0.15) is 11.4 Å². The molecule has 1 saturated heterocycles. The Morgan fingerprint density at radius 3 is 2.69 bits per heavy atom. The van der Waals surface area contributed by atoms with Crippen LogP contribution in [0.15, 0.2) is 28.5 Å². The topological polar surface area (TPSA) is 97.8 Å². The van der Waals surface area contributed by atoms with E-state index in [0.29, 0.717) is 32.1 Å². The van der Waals surface area contributed by atoms with Gasteiger partial charge in [-0.15, -0.1) is 11.3 Å². The molecule has 0 bridgehead atoms. The van der Waals surface area contributed by atoms with Gasteiger partial charge in [0, 0.05) is 18.5 Å². The highest BCUT2D eigenvalue weighted by Gasteiger charge is 2.27. The molecule has 1 aliphatic rings. The number of aromatic nitrogens is 1. The van der Waals surface area contributed by atoms with Crippen LogP contribution in [0.4, 0.5) is 5.69 Å². The van der Waals surface area contributed by atoms with E-state index >= 15 is 0 Å². The number of hydrogen-bond donors (Lipinski definition) is 1. The third kappa shape index (κ3) is 3.88. The summed E-state index contributed by atoms with van der Waals surface area (Å²) in [6.45, 7) is 3.13. The summed E-state index contributed by atoms with van der Waals surface area (Å²) in [6, 6.07) is 4.39. The van der Waals surface area contributed by atoms with Gasteiger partial charge < -0.3 is 14.8 Å². The summed E-state index contributed by atoms with van der Waals surface area (Å²) in [7, 11) is -2.22. The molecule has 1 aromatic heterocycles. The standard InChI is InChI=1S/C16H19N3O5S2/c1-11-17-14(10-25-11)16(20)18-13-9-12(3-4-15(13)23-2)26(21,22)19-5-7-24-8-6-19/h3-4,9-10H,5-8H2,1-2H3,(H,18,20). The molecule has 0 atom stereocenters. The molecule has 1 amide bonds. The second-order valence-corrected chi connectivity index (χ2v) is 8.58. The zero-order valence-corrected chi connectivity index (χ0v) is 16.0. The average molecular weight is 397 g/mol. The van der Waals surface area contributed by atoms with Crippen LogP contribution in [-0.4, -0.2) is 57.0 Å². The molecule has 0 aliphatic carbocycles. The smallest absolute Gasteiger partial charge is 0.275 e. The highest BCUT2D eigenvalue weighted by Crippen LogP contribution is 2.29. The summed E-state index contributed by atoms with van der Waals surface area (Å²) in [6.07, 6.45) is 0. The van der Waals surface area contributed by atoms with Crippen molar-refractivity contribution in [1.29, 1.82) is 0 Å². The van der Waals surface area contributed by atoms with E-state index in [9.17, 15) is 13.2 Å². The highest BCUT2D eigenvalue weighted by molar-refractivity contribution is 7.89. The van der Waals surface area contributed by atoms with Gasteiger partial charge in [-0.1, -0.05) is 0 Å². The molecule has 0 radical (unpaired) electrons. The number of sulfonamides is 1. The van der Waals surface area contributed by atoms with Crippen LogP contribution in [0.25, 0.3) is 0 Å². The number of methoxy groups -OCH3 is 1. The Hall–Kier alpha value is -2.01. The van der Waals surface area contributed by atoms with Crippen molar-refractivity contribution in [2.75, 3.05) is 38.7 Å². The molecule has 10 heteroatoms. The summed E-state index contributed by atoms with van der Waals surface area (Å²) < 4.78 is 37.4. The van der Waals surface area contributed by atoms with Crippen molar-refractivity contribution in [2.24, 2.45) is 0 Å². The fraction of sp³-hybridized carbons (Fsp3) is 0.375. The maximum absolute atomic E-state index is 12.8. The molecule has 140 valence electrons. The fourth-order valence-corrected chi connectivity index (χ4v) is 4.56. The first-order valence-electron chi connectivity index (χ1n) is 7.91. The lowest BCUT2D eigenvalue weighted by atomic mass is 10.3. The maximum Gasteiger partial charge on any atom is 0.275 e. The Labute approximate surface area is 155 Å². The van der Waals surface area contributed by atoms with Crippen LogP contribution >= 0.6 is 11.3 Å². The van der Waals surface area contributed by atoms with Crippen LogP contribution in [0.2, 0.25) is 0 Å². The van der Waals surface area contributed by atoms with E-state index in [4.69, 9.17) is 9.47 Å². The molecule has 1 fully saturated rings. The molecule has 0 spiro atoms. The van der Waals surface area contributed by atoms with Gasteiger partial charge in [0.05, 0.1) is 35.9 Å². The number of hydrogen-bond acceptors (Lipinski definition) is 7. The molecule has 3 rings (SSSR count). The van der Waals surface area contributed by atoms with Crippen molar-refractivity contribution < 1.29 is 22.7 Å². The first-order chi connectivity index (χ1) is 12.4. The van der Waals surface area contributed by atoms with E-state index in [2.05, 4.69) is 10.3 Å². The normalized spacial score (nSPS) is 15.6. The minimum Gasteiger partial charge on any atom is -0.495 e. The number of nitrogens with zero attached hydrogens (tertiary/aromatic N) is 2. The lowest BCUT2D eigenvalue weighted by Gasteiger charge is -2.26. The molecule has 2 aromatic rings. The molecule has 1 aliphatic heterocycles. The van der Waals surface area contributed by atoms with Gasteiger partial charge in [-0.3, -0.25) is 4.79 Å². The monoisotopic (exact) mass is 397 g/mol. The summed E-state index contributed by atoms with van der Waals surface area (Å²) in [5.41, 5.74) is 0.550. The fourth-order valence-electron chi connectivity index (χ4n) is 2.54. The van der Waals surface area contributed by atoms with Crippen LogP contribution < -0.4 is 10.1 Å². The maximum atomic E-state index is 12.8. The predicted molar refractivity (Wildman–Crippen MR) is 97.4 cm³/mol. The van der Waals surface area contributed by atoms with Crippen molar-refractivity contribution in [3.63, 3.8) is 0 Å². The molecular formula is C16H19N3O5S2. The van der Waals surface area contributed by atoms with Gasteiger partial charge in [-0.2, -0.15) is 4.31 Å². The third-order valence-corrected chi connectivity index (χ3v) is 6.55. The van der Waals surface area contributed by atoms with Crippen molar-refractivity contribution >= 4 is 33.0 Å². The second-order valence-electron chi connectivity index (χ2n) is 5.58. The van der Waals surface area contributed by atoms with E-state index in [-0.39, 0.29) is 16.3 Å². The van der Waals surface area contributed by atoms with Crippen molar-refractivity contribution in [3.05, 3.63) is 34.3 Å². The SMILES string of the molecule is COc1ccc(S(=O)(=O)N2CCOCC2)cc1NC(=O)c1csc(C)n1. The molecule has 26 heavy (non-hydrogen) atoms. The van der Waals surface area contributed by atoms with Gasteiger partial charge in [-0.25, -0.2) is 13.4 Å². The Kier molecular flexibility index (Phi) is 5.56. The summed E-state index contributed by atoms with van der Waals surface area (Å²) in [4.78, 5) is 16.6. The Balaban J connectivity index is 1.90. The van der Waals surface area contributed by atoms with Crippen molar-refractivity contribution in [1.82, 2.24) is 9.29 Å². The van der Waals surface area contributed by atoms with Crippen LogP contribution in [0, 0.1) is 6.92 Å². The van der Waals surface area contributed by atoms with E-state index < -0.39 is 15.9 Å². The van der Waals surface area contributed by atoms with Crippen LogP contribution in [-0.2, 0) is 14.8 Å². The molecule has 1 aromatic carbocycles. The van der Waals surface area contributed by atoms with Crippen molar-refractivity contribution in [3.8, 4) is 5.75 Å². The number of thiazole rings is 1. The van der Waals surface area contributed by atoms with Gasteiger partial charge in [0.15, 0.2) is 0 Å². The number of rotatable bonds is 5. The predicted octanol–water partition coefficient (Wildman–Crippen LogP) is 1.73. The van der Waals surface area contributed by atoms with E-state index in [1.807, 2.05) is 0 Å². The number of ether oxygens (including phenoxy) is 2. The van der Waals surface area contributed by atoms with Gasteiger partial charge in [0.25, 0.3) is 5.91 Å². The molecular weight excluding hydrogens is 378 g/mol. The number of benzene rings is 1. The third-order valence-electron chi connectivity index (χ3n) is 3.88. The van der Waals surface area contributed by atoms with E-state index in [1.54, 1.807) is 12.3 Å². The molecule has 2 heterocycles. The molecule has 1 N–H and O–H groups in total. The van der Waals surface area contributed by atoms with Crippen molar-refractivity contribution in [2.45, 2.75) is 11.8 Å². The number of carbonyl (C=O) groups excluding carboxylic acids is 1. The zero-order chi connectivity index (χ0) is 18.7. The molecule has 0 saturated carbocycles. The number of aryl methyl sites for hydroxylation is 1. The average Bonchev–Trinajstić information content (AvgIpc) is 3.09. The first kappa shape index (κ1) is 18.8. The van der Waals surface area contributed by atoms with E-state index in [0.717, 1.165) is 5.01 Å². The minimum absolute atomic E-state index is 0.0879. The van der Waals surface area contributed by atoms with Gasteiger partial charge in [-0.05, 0) is 25.1 Å².